The van der Waals surface area contributed by atoms with Gasteiger partial charge in [-0.25, -0.2) is 19.2 Å². The Morgan fingerprint density at radius 3 is 2.46 bits per heavy atom. The standard InChI is InChI=1S/C31H30FN5O2/c32-24-12-9-22(10-13-24)21-37-29-8-4-3-7-27(29)35-31(37)33-25-15-17-36(18-16-25)19-20-39-30(38)28-14-11-23-5-1-2-6-26(23)34-28/h1-14,25H,15-21H2,(H,33,35). The van der Waals surface area contributed by atoms with Crippen molar-refractivity contribution in [3.05, 3.63) is 102 Å². The fourth-order valence-corrected chi connectivity index (χ4v) is 5.12. The number of esters is 1. The SMILES string of the molecule is O=C(OCCN1CCC(Nc2nc3ccccc3n2Cc2ccc(F)cc2)CC1)c1ccc2ccccc2n1. The molecule has 2 aromatic heterocycles. The average Bonchev–Trinajstić information content (AvgIpc) is 3.31. The zero-order chi connectivity index (χ0) is 26.6. The summed E-state index contributed by atoms with van der Waals surface area (Å²) in [7, 11) is 0. The lowest BCUT2D eigenvalue weighted by Crippen LogP contribution is -2.41. The molecule has 1 aliphatic heterocycles. The van der Waals surface area contributed by atoms with Gasteiger partial charge in [0.05, 0.1) is 23.1 Å². The molecular weight excluding hydrogens is 493 g/mol. The third kappa shape index (κ3) is 5.76. The maximum atomic E-state index is 13.4. The summed E-state index contributed by atoms with van der Waals surface area (Å²) in [5.74, 6) is 0.201. The number of anilines is 1. The molecule has 0 saturated carbocycles. The number of fused-ring (bicyclic) bond motifs is 2. The zero-order valence-electron chi connectivity index (χ0n) is 21.6. The third-order valence-electron chi connectivity index (χ3n) is 7.28. The van der Waals surface area contributed by atoms with Crippen molar-refractivity contribution in [1.82, 2.24) is 19.4 Å². The lowest BCUT2D eigenvalue weighted by molar-refractivity contribution is 0.0443. The first kappa shape index (κ1) is 25.0. The van der Waals surface area contributed by atoms with Crippen LogP contribution in [0, 0.1) is 5.82 Å². The minimum absolute atomic E-state index is 0.237. The van der Waals surface area contributed by atoms with Crippen LogP contribution in [0.2, 0.25) is 0 Å². The van der Waals surface area contributed by atoms with Gasteiger partial charge in [0, 0.05) is 31.1 Å². The van der Waals surface area contributed by atoms with Crippen LogP contribution >= 0.6 is 0 Å². The van der Waals surface area contributed by atoms with E-state index in [2.05, 4.69) is 25.8 Å². The zero-order valence-corrected chi connectivity index (χ0v) is 21.6. The van der Waals surface area contributed by atoms with E-state index in [4.69, 9.17) is 9.72 Å². The Balaban J connectivity index is 1.03. The van der Waals surface area contributed by atoms with Crippen LogP contribution in [0.4, 0.5) is 10.3 Å². The molecule has 0 atom stereocenters. The van der Waals surface area contributed by atoms with Gasteiger partial charge in [-0.1, -0.05) is 48.5 Å². The number of ether oxygens (including phenoxy) is 1. The van der Waals surface area contributed by atoms with Crippen LogP contribution in [0.5, 0.6) is 0 Å². The van der Waals surface area contributed by atoms with E-state index in [1.165, 1.54) is 12.1 Å². The van der Waals surface area contributed by atoms with Gasteiger partial charge in [0.15, 0.2) is 0 Å². The highest BCUT2D eigenvalue weighted by atomic mass is 19.1. The molecule has 0 unspecified atom stereocenters. The molecule has 39 heavy (non-hydrogen) atoms. The number of likely N-dealkylation sites (tertiary alicyclic amines) is 1. The van der Waals surface area contributed by atoms with Crippen LogP contribution in [0.3, 0.4) is 0 Å². The van der Waals surface area contributed by atoms with E-state index < -0.39 is 5.97 Å². The molecular formula is C31H30FN5O2. The van der Waals surface area contributed by atoms with Crippen molar-refractivity contribution in [1.29, 1.82) is 0 Å². The Kier molecular flexibility index (Phi) is 7.19. The number of rotatable bonds is 8. The number of benzene rings is 3. The van der Waals surface area contributed by atoms with Gasteiger partial charge in [-0.2, -0.15) is 0 Å². The molecule has 1 fully saturated rings. The smallest absolute Gasteiger partial charge is 0.356 e. The molecule has 6 rings (SSSR count). The van der Waals surface area contributed by atoms with Crippen LogP contribution in [0.25, 0.3) is 21.9 Å². The summed E-state index contributed by atoms with van der Waals surface area (Å²) >= 11 is 0. The molecule has 0 radical (unpaired) electrons. The lowest BCUT2D eigenvalue weighted by Gasteiger charge is -2.32. The van der Waals surface area contributed by atoms with Crippen molar-refractivity contribution < 1.29 is 13.9 Å². The summed E-state index contributed by atoms with van der Waals surface area (Å²) in [4.78, 5) is 24.1. The Bertz CT molecular complexity index is 1590. The number of pyridine rings is 1. The van der Waals surface area contributed by atoms with Crippen LogP contribution in [0.1, 0.15) is 28.9 Å². The normalized spacial score (nSPS) is 14.6. The summed E-state index contributed by atoms with van der Waals surface area (Å²) in [5, 5.41) is 4.66. The minimum Gasteiger partial charge on any atom is -0.460 e. The summed E-state index contributed by atoms with van der Waals surface area (Å²) in [6, 6.07) is 26.3. The molecule has 0 bridgehead atoms. The monoisotopic (exact) mass is 523 g/mol. The molecule has 3 aromatic carbocycles. The number of nitrogens with one attached hydrogen (secondary N) is 1. The molecule has 8 heteroatoms. The fraction of sp³-hybridized carbons (Fsp3) is 0.258. The summed E-state index contributed by atoms with van der Waals surface area (Å²) in [5.41, 5.74) is 4.12. The highest BCUT2D eigenvalue weighted by molar-refractivity contribution is 5.91. The van der Waals surface area contributed by atoms with Gasteiger partial charge in [0.1, 0.15) is 18.1 Å². The number of carbonyl (C=O) groups excluding carboxylic acids is 1. The third-order valence-corrected chi connectivity index (χ3v) is 7.28. The van der Waals surface area contributed by atoms with Gasteiger partial charge in [-0.15, -0.1) is 0 Å². The molecule has 0 aliphatic carbocycles. The van der Waals surface area contributed by atoms with E-state index in [1.54, 1.807) is 6.07 Å². The van der Waals surface area contributed by atoms with Gasteiger partial charge >= 0.3 is 5.97 Å². The van der Waals surface area contributed by atoms with Crippen LogP contribution < -0.4 is 5.32 Å². The second-order valence-corrected chi connectivity index (χ2v) is 9.92. The highest BCUT2D eigenvalue weighted by Crippen LogP contribution is 2.24. The van der Waals surface area contributed by atoms with Gasteiger partial charge in [-0.05, 0) is 54.8 Å². The quantitative estimate of drug-likeness (QED) is 0.271. The Hall–Kier alpha value is -4.30. The first-order valence-corrected chi connectivity index (χ1v) is 13.3. The minimum atomic E-state index is -0.391. The summed E-state index contributed by atoms with van der Waals surface area (Å²) < 4.78 is 21.1. The molecule has 1 aliphatic rings. The summed E-state index contributed by atoms with van der Waals surface area (Å²) in [6.07, 6.45) is 1.92. The van der Waals surface area contributed by atoms with Gasteiger partial charge < -0.3 is 14.6 Å². The predicted octanol–water partition coefficient (Wildman–Crippen LogP) is 5.51. The van der Waals surface area contributed by atoms with Crippen molar-refractivity contribution >= 4 is 33.9 Å². The van der Waals surface area contributed by atoms with E-state index in [9.17, 15) is 9.18 Å². The molecule has 0 amide bonds. The van der Waals surface area contributed by atoms with Gasteiger partial charge in [-0.3, -0.25) is 4.90 Å². The first-order valence-electron chi connectivity index (χ1n) is 13.3. The topological polar surface area (TPSA) is 72.3 Å². The number of halogens is 1. The molecule has 1 N–H and O–H groups in total. The fourth-order valence-electron chi connectivity index (χ4n) is 5.12. The maximum absolute atomic E-state index is 13.4. The van der Waals surface area contributed by atoms with Crippen molar-refractivity contribution in [2.24, 2.45) is 0 Å². The van der Waals surface area contributed by atoms with Crippen molar-refractivity contribution in [2.75, 3.05) is 31.6 Å². The van der Waals surface area contributed by atoms with E-state index >= 15 is 0 Å². The number of hydrogen-bond donors (Lipinski definition) is 1. The number of imidazole rings is 1. The molecule has 5 aromatic rings. The van der Waals surface area contributed by atoms with Gasteiger partial charge in [0.25, 0.3) is 0 Å². The molecule has 0 spiro atoms. The van der Waals surface area contributed by atoms with Crippen molar-refractivity contribution in [3.63, 3.8) is 0 Å². The number of para-hydroxylation sites is 3. The number of aromatic nitrogens is 3. The Morgan fingerprint density at radius 1 is 0.897 bits per heavy atom. The predicted molar refractivity (Wildman–Crippen MR) is 150 cm³/mol. The van der Waals surface area contributed by atoms with E-state index in [0.717, 1.165) is 59.4 Å². The number of carbonyl (C=O) groups is 1. The molecule has 198 valence electrons. The average molecular weight is 524 g/mol. The van der Waals surface area contributed by atoms with Crippen LogP contribution in [-0.2, 0) is 11.3 Å². The van der Waals surface area contributed by atoms with Crippen LogP contribution in [-0.4, -0.2) is 57.7 Å². The number of piperidine rings is 1. The van der Waals surface area contributed by atoms with Crippen molar-refractivity contribution in [3.8, 4) is 0 Å². The van der Waals surface area contributed by atoms with Crippen molar-refractivity contribution in [2.45, 2.75) is 25.4 Å². The Labute approximate surface area is 226 Å². The molecule has 1 saturated heterocycles. The second-order valence-electron chi connectivity index (χ2n) is 9.92. The summed E-state index contributed by atoms with van der Waals surface area (Å²) in [6.45, 7) is 3.44. The molecule has 3 heterocycles. The number of hydrogen-bond acceptors (Lipinski definition) is 6. The van der Waals surface area contributed by atoms with E-state index in [0.29, 0.717) is 25.4 Å². The Morgan fingerprint density at radius 2 is 1.64 bits per heavy atom. The van der Waals surface area contributed by atoms with E-state index in [-0.39, 0.29) is 11.9 Å². The van der Waals surface area contributed by atoms with Crippen LogP contribution in [0.15, 0.2) is 84.9 Å². The number of nitrogens with zero attached hydrogens (tertiary/aromatic N) is 4. The van der Waals surface area contributed by atoms with Gasteiger partial charge in [0.2, 0.25) is 5.95 Å². The maximum Gasteiger partial charge on any atom is 0.356 e. The molecule has 7 nitrogen and oxygen atoms in total. The van der Waals surface area contributed by atoms with E-state index in [1.807, 2.05) is 60.7 Å². The lowest BCUT2D eigenvalue weighted by atomic mass is 10.1. The largest absolute Gasteiger partial charge is 0.460 e. The first-order chi connectivity index (χ1) is 19.1. The highest BCUT2D eigenvalue weighted by Gasteiger charge is 2.22. The second kappa shape index (κ2) is 11.2.